The van der Waals surface area contributed by atoms with E-state index in [1.807, 2.05) is 14.1 Å². The molecule has 216 valence electrons. The molecule has 0 radical (unpaired) electrons. The van der Waals surface area contributed by atoms with E-state index in [1.54, 1.807) is 65.6 Å². The lowest BCUT2D eigenvalue weighted by Gasteiger charge is -2.35. The van der Waals surface area contributed by atoms with E-state index >= 15 is 0 Å². The van der Waals surface area contributed by atoms with Crippen LogP contribution in [0.4, 0.5) is 5.69 Å². The normalized spacial score (nSPS) is 14.1. The van der Waals surface area contributed by atoms with Crippen molar-refractivity contribution in [2.24, 2.45) is 0 Å². The summed E-state index contributed by atoms with van der Waals surface area (Å²) in [7, 11) is -0.255. The molecule has 1 aliphatic heterocycles. The van der Waals surface area contributed by atoms with Crippen molar-refractivity contribution in [2.75, 3.05) is 64.2 Å². The van der Waals surface area contributed by atoms with Crippen molar-refractivity contribution in [3.8, 4) is 0 Å². The molecule has 0 aliphatic carbocycles. The van der Waals surface area contributed by atoms with E-state index in [2.05, 4.69) is 15.1 Å². The number of sulfonamides is 1. The number of benzene rings is 3. The fourth-order valence-electron chi connectivity index (χ4n) is 4.44. The molecule has 1 N–H and O–H groups in total. The summed E-state index contributed by atoms with van der Waals surface area (Å²) in [6.07, 6.45) is 0. The summed E-state index contributed by atoms with van der Waals surface area (Å²) in [4.78, 5) is 44.7. The second-order valence-corrected chi connectivity index (χ2v) is 11.8. The third-order valence-corrected chi connectivity index (χ3v) is 8.56. The van der Waals surface area contributed by atoms with Gasteiger partial charge < -0.3 is 15.1 Å². The van der Waals surface area contributed by atoms with Crippen molar-refractivity contribution in [2.45, 2.75) is 4.90 Å². The summed E-state index contributed by atoms with van der Waals surface area (Å²) in [5.74, 6) is -1.36. The van der Waals surface area contributed by atoms with Gasteiger partial charge in [-0.25, -0.2) is 8.42 Å². The lowest BCUT2D eigenvalue weighted by atomic mass is 10.2. The molecule has 4 rings (SSSR count). The minimum absolute atomic E-state index is 0.148. The highest BCUT2D eigenvalue weighted by molar-refractivity contribution is 7.93. The van der Waals surface area contributed by atoms with Crippen LogP contribution >= 0.6 is 0 Å². The van der Waals surface area contributed by atoms with Crippen molar-refractivity contribution >= 4 is 33.4 Å². The minimum Gasteiger partial charge on any atom is -0.343 e. The number of carbonyl (C=O) groups excluding carboxylic acids is 3. The average Bonchev–Trinajstić information content (AvgIpc) is 3.00. The van der Waals surface area contributed by atoms with Gasteiger partial charge in [-0.2, -0.15) is 4.31 Å². The third-order valence-electron chi connectivity index (χ3n) is 6.84. The van der Waals surface area contributed by atoms with Crippen LogP contribution in [0.5, 0.6) is 0 Å². The van der Waals surface area contributed by atoms with Crippen LogP contribution in [-0.4, -0.2) is 101 Å². The van der Waals surface area contributed by atoms with E-state index in [4.69, 9.17) is 0 Å². The molecule has 10 nitrogen and oxygen atoms in total. The molecule has 1 heterocycles. The van der Waals surface area contributed by atoms with Gasteiger partial charge in [0.25, 0.3) is 21.8 Å². The molecule has 41 heavy (non-hydrogen) atoms. The minimum atomic E-state index is -4.31. The Labute approximate surface area is 241 Å². The maximum Gasteiger partial charge on any atom is 0.272 e. The molecule has 0 unspecified atom stereocenters. The molecule has 3 amide bonds. The highest BCUT2D eigenvalue weighted by Crippen LogP contribution is 2.26. The highest BCUT2D eigenvalue weighted by Gasteiger charge is 2.32. The van der Waals surface area contributed by atoms with Crippen LogP contribution < -0.4 is 9.62 Å². The second-order valence-electron chi connectivity index (χ2n) is 10.0. The molecule has 1 fully saturated rings. The van der Waals surface area contributed by atoms with E-state index in [0.29, 0.717) is 13.1 Å². The predicted octanol–water partition coefficient (Wildman–Crippen LogP) is 2.16. The molecular formula is C30H35N5O5S. The largest absolute Gasteiger partial charge is 0.343 e. The molecule has 0 atom stereocenters. The molecule has 1 aliphatic rings. The Balaban J connectivity index is 1.40. The Hall–Kier alpha value is -4.06. The number of para-hydroxylation sites is 1. The summed E-state index contributed by atoms with van der Waals surface area (Å²) in [6, 6.07) is 21.6. The first kappa shape index (κ1) is 29.9. The first-order valence-electron chi connectivity index (χ1n) is 13.4. The van der Waals surface area contributed by atoms with Gasteiger partial charge in [0.05, 0.1) is 17.1 Å². The molecule has 0 saturated carbocycles. The van der Waals surface area contributed by atoms with E-state index in [9.17, 15) is 22.8 Å². The molecule has 0 aromatic heterocycles. The van der Waals surface area contributed by atoms with E-state index < -0.39 is 21.8 Å². The van der Waals surface area contributed by atoms with Crippen LogP contribution in [0.2, 0.25) is 0 Å². The average molecular weight is 578 g/mol. The number of rotatable bonds is 10. The van der Waals surface area contributed by atoms with Crippen molar-refractivity contribution < 1.29 is 22.8 Å². The van der Waals surface area contributed by atoms with Gasteiger partial charge in [0, 0.05) is 50.4 Å². The zero-order valence-corrected chi connectivity index (χ0v) is 24.1. The van der Waals surface area contributed by atoms with Crippen LogP contribution in [-0.2, 0) is 14.8 Å². The zero-order valence-electron chi connectivity index (χ0n) is 23.3. The SMILES string of the molecule is CN(C)CCN1CCN(C(=O)CNC(=O)c2ccc(S(=O)(=O)N(C(=O)c3ccccc3)c3ccccc3)cc2)CC1. The summed E-state index contributed by atoms with van der Waals surface area (Å²) in [5.41, 5.74) is 0.613. The smallest absolute Gasteiger partial charge is 0.272 e. The number of piperazine rings is 1. The molecule has 3 aromatic rings. The van der Waals surface area contributed by atoms with Gasteiger partial charge in [0.1, 0.15) is 0 Å². The molecule has 1 saturated heterocycles. The fraction of sp³-hybridized carbons (Fsp3) is 0.300. The number of anilines is 1. The van der Waals surface area contributed by atoms with Gasteiger partial charge in [0.15, 0.2) is 0 Å². The highest BCUT2D eigenvalue weighted by atomic mass is 32.2. The Kier molecular flexibility index (Phi) is 9.87. The summed E-state index contributed by atoms with van der Waals surface area (Å²) in [5, 5.41) is 2.63. The van der Waals surface area contributed by atoms with Crippen LogP contribution in [0.3, 0.4) is 0 Å². The van der Waals surface area contributed by atoms with Crippen molar-refractivity contribution in [3.63, 3.8) is 0 Å². The van der Waals surface area contributed by atoms with Crippen LogP contribution in [0.15, 0.2) is 89.8 Å². The maximum atomic E-state index is 13.7. The van der Waals surface area contributed by atoms with Gasteiger partial charge in [-0.05, 0) is 62.6 Å². The molecule has 3 aromatic carbocycles. The Morgan fingerprint density at radius 3 is 1.95 bits per heavy atom. The monoisotopic (exact) mass is 577 g/mol. The zero-order chi connectivity index (χ0) is 29.4. The number of nitrogens with one attached hydrogen (secondary N) is 1. The summed E-state index contributed by atoms with van der Waals surface area (Å²) in [6.45, 7) is 4.54. The maximum absolute atomic E-state index is 13.7. The lowest BCUT2D eigenvalue weighted by Crippen LogP contribution is -2.52. The lowest BCUT2D eigenvalue weighted by molar-refractivity contribution is -0.131. The van der Waals surface area contributed by atoms with E-state index in [0.717, 1.165) is 30.5 Å². The standard InChI is InChI=1S/C30H35N5O5S/c1-32(2)17-18-33-19-21-34(22-20-33)28(36)23-31-29(37)24-13-15-27(16-14-24)41(39,40)35(26-11-7-4-8-12-26)30(38)25-9-5-3-6-10-25/h3-16H,17-23H2,1-2H3,(H,31,37). The van der Waals surface area contributed by atoms with Crippen LogP contribution in [0.25, 0.3) is 0 Å². The Morgan fingerprint density at radius 1 is 0.780 bits per heavy atom. The number of nitrogens with zero attached hydrogens (tertiary/aromatic N) is 4. The van der Waals surface area contributed by atoms with E-state index in [-0.39, 0.29) is 34.2 Å². The number of carbonyl (C=O) groups is 3. The summed E-state index contributed by atoms with van der Waals surface area (Å²) < 4.78 is 28.1. The molecule has 11 heteroatoms. The third kappa shape index (κ3) is 7.57. The number of hydrogen-bond donors (Lipinski definition) is 1. The van der Waals surface area contributed by atoms with Crippen molar-refractivity contribution in [3.05, 3.63) is 96.1 Å². The van der Waals surface area contributed by atoms with Gasteiger partial charge in [-0.1, -0.05) is 36.4 Å². The first-order valence-corrected chi connectivity index (χ1v) is 14.8. The first-order chi connectivity index (χ1) is 19.7. The topological polar surface area (TPSA) is 110 Å². The second kappa shape index (κ2) is 13.5. The number of likely N-dealkylation sites (N-methyl/N-ethyl adjacent to an activating group) is 1. The van der Waals surface area contributed by atoms with E-state index in [1.165, 1.54) is 24.3 Å². The van der Waals surface area contributed by atoms with Gasteiger partial charge in [-0.15, -0.1) is 0 Å². The number of amides is 3. The van der Waals surface area contributed by atoms with Crippen LogP contribution in [0, 0.1) is 0 Å². The fourth-order valence-corrected chi connectivity index (χ4v) is 5.86. The van der Waals surface area contributed by atoms with Crippen molar-refractivity contribution in [1.82, 2.24) is 20.0 Å². The molecule has 0 spiro atoms. The molecule has 0 bridgehead atoms. The van der Waals surface area contributed by atoms with Gasteiger partial charge in [-0.3, -0.25) is 19.3 Å². The Morgan fingerprint density at radius 2 is 1.37 bits per heavy atom. The predicted molar refractivity (Wildman–Crippen MR) is 157 cm³/mol. The number of hydrogen-bond acceptors (Lipinski definition) is 7. The quantitative estimate of drug-likeness (QED) is 0.393. The summed E-state index contributed by atoms with van der Waals surface area (Å²) >= 11 is 0. The Bertz CT molecular complexity index is 1440. The van der Waals surface area contributed by atoms with Gasteiger partial charge in [0.2, 0.25) is 5.91 Å². The van der Waals surface area contributed by atoms with Gasteiger partial charge >= 0.3 is 0 Å². The van der Waals surface area contributed by atoms with Crippen molar-refractivity contribution in [1.29, 1.82) is 0 Å². The van der Waals surface area contributed by atoms with Crippen LogP contribution in [0.1, 0.15) is 20.7 Å². The molecular weight excluding hydrogens is 542 g/mol.